The van der Waals surface area contributed by atoms with E-state index in [2.05, 4.69) is 30.6 Å². The average molecular weight is 827 g/mol. The molecule has 0 unspecified atom stereocenters. The minimum atomic E-state index is -0.993. The molecule has 20 heteroatoms. The van der Waals surface area contributed by atoms with E-state index in [-0.39, 0.29) is 78.3 Å². The second kappa shape index (κ2) is 17.6. The van der Waals surface area contributed by atoms with Gasteiger partial charge in [0.1, 0.15) is 27.4 Å². The number of methoxy groups -OCH3 is 1. The molecule has 0 bridgehead atoms. The van der Waals surface area contributed by atoms with E-state index < -0.39 is 29.6 Å². The van der Waals surface area contributed by atoms with E-state index in [0.717, 1.165) is 5.01 Å². The third-order valence-electron chi connectivity index (χ3n) is 9.08. The van der Waals surface area contributed by atoms with E-state index in [9.17, 15) is 24.0 Å². The number of carboxylic acids is 1. The van der Waals surface area contributed by atoms with Crippen LogP contribution in [0.25, 0.3) is 22.1 Å². The van der Waals surface area contributed by atoms with Crippen LogP contribution in [0.5, 0.6) is 11.5 Å². The van der Waals surface area contributed by atoms with Crippen LogP contribution in [0.3, 0.4) is 0 Å². The van der Waals surface area contributed by atoms with Crippen LogP contribution >= 0.6 is 11.3 Å². The van der Waals surface area contributed by atoms with Gasteiger partial charge in [0.15, 0.2) is 5.89 Å². The van der Waals surface area contributed by atoms with Crippen molar-refractivity contribution in [1.82, 2.24) is 29.1 Å². The Kier molecular flexibility index (Phi) is 12.4. The SMILES string of the molecule is CCc1nc(C)oc1C(=O)Nc1nc2cc(C(N)=O)cc(OC)c2n1C/C=C/Cn1c(NC(=O)c2sc(C)nc2CC)nc2cc(C(N)=O)cc(OCCCC(=O)O)c21. The molecule has 6 aromatic rings. The summed E-state index contributed by atoms with van der Waals surface area (Å²) >= 11 is 1.25. The number of anilines is 2. The van der Waals surface area contributed by atoms with E-state index >= 15 is 0 Å². The van der Waals surface area contributed by atoms with Crippen molar-refractivity contribution < 1.29 is 43.0 Å². The van der Waals surface area contributed by atoms with Crippen molar-refractivity contribution in [3.63, 3.8) is 0 Å². The van der Waals surface area contributed by atoms with Crippen molar-refractivity contribution in [2.75, 3.05) is 24.4 Å². The monoisotopic (exact) mass is 826 g/mol. The van der Waals surface area contributed by atoms with Gasteiger partial charge in [0.2, 0.25) is 29.5 Å². The molecule has 6 rings (SSSR count). The summed E-state index contributed by atoms with van der Waals surface area (Å²) in [6.07, 6.45) is 4.56. The lowest BCUT2D eigenvalue weighted by Crippen LogP contribution is -2.17. The molecule has 0 radical (unpaired) electrons. The Balaban J connectivity index is 1.41. The molecule has 0 atom stereocenters. The first-order chi connectivity index (χ1) is 28.2. The molecule has 0 saturated heterocycles. The van der Waals surface area contributed by atoms with Crippen molar-refractivity contribution in [1.29, 1.82) is 0 Å². The highest BCUT2D eigenvalue weighted by Gasteiger charge is 2.25. The molecule has 59 heavy (non-hydrogen) atoms. The van der Waals surface area contributed by atoms with Gasteiger partial charge in [-0.1, -0.05) is 26.0 Å². The number of benzene rings is 2. The molecule has 0 aliphatic rings. The highest BCUT2D eigenvalue weighted by atomic mass is 32.1. The maximum atomic E-state index is 13.7. The summed E-state index contributed by atoms with van der Waals surface area (Å²) in [6, 6.07) is 5.89. The fourth-order valence-corrected chi connectivity index (χ4v) is 7.32. The number of fused-ring (bicyclic) bond motifs is 2. The van der Waals surface area contributed by atoms with E-state index in [1.807, 2.05) is 20.8 Å². The van der Waals surface area contributed by atoms with E-state index in [1.54, 1.807) is 28.2 Å². The number of aromatic nitrogens is 6. The number of primary amides is 2. The number of carboxylic acid groups (broad SMARTS) is 1. The summed E-state index contributed by atoms with van der Waals surface area (Å²) in [5.74, 6) is -2.41. The lowest BCUT2D eigenvalue weighted by molar-refractivity contribution is -0.137. The van der Waals surface area contributed by atoms with Crippen LogP contribution in [0.15, 0.2) is 40.8 Å². The first kappa shape index (κ1) is 41.5. The molecule has 7 N–H and O–H groups in total. The minimum absolute atomic E-state index is 0.00121. The van der Waals surface area contributed by atoms with Crippen molar-refractivity contribution in [2.24, 2.45) is 11.5 Å². The van der Waals surface area contributed by atoms with Gasteiger partial charge in [-0.15, -0.1) is 11.3 Å². The lowest BCUT2D eigenvalue weighted by Gasteiger charge is -2.13. The second-order valence-electron chi connectivity index (χ2n) is 13.2. The smallest absolute Gasteiger partial charge is 0.303 e. The number of hydrogen-bond donors (Lipinski definition) is 5. The normalized spacial score (nSPS) is 11.4. The number of aliphatic carboxylic acids is 1. The standard InChI is InChI=1S/C39H42N10O9S/c1-6-23-32(58-19(3)42-23)36(54)46-38-44-25-15-21(34(40)52)17-27(56-5)30(25)48(38)12-8-9-13-49-31-26(16-22(35(41)53)18-28(31)57-14-10-11-29(50)51)45-39(49)47-37(55)33-24(7-2)43-20(4)59-33/h8-9,15-18H,6-7,10-14H2,1-5H3,(H2,40,52)(H2,41,53)(H,50,51)(H,44,46,54)(H,45,47,55)/b9-8+. The quantitative estimate of drug-likeness (QED) is 0.0577. The molecule has 0 aliphatic carbocycles. The number of imidazole rings is 2. The van der Waals surface area contributed by atoms with Crippen LogP contribution in [0, 0.1) is 13.8 Å². The van der Waals surface area contributed by atoms with Crippen LogP contribution in [0.2, 0.25) is 0 Å². The van der Waals surface area contributed by atoms with Gasteiger partial charge in [-0.3, -0.25) is 34.6 Å². The zero-order chi connectivity index (χ0) is 42.5. The van der Waals surface area contributed by atoms with Crippen LogP contribution in [0.4, 0.5) is 11.9 Å². The van der Waals surface area contributed by atoms with Crippen LogP contribution in [-0.4, -0.2) is 77.5 Å². The molecule has 0 fully saturated rings. The molecule has 0 aliphatic heterocycles. The Bertz CT molecular complexity index is 2650. The average Bonchev–Trinajstić information content (AvgIpc) is 3.96. The summed E-state index contributed by atoms with van der Waals surface area (Å²) in [5.41, 5.74) is 14.0. The van der Waals surface area contributed by atoms with Crippen LogP contribution in [0.1, 0.15) is 89.9 Å². The maximum Gasteiger partial charge on any atom is 0.303 e. The number of rotatable bonds is 18. The van der Waals surface area contributed by atoms with E-state index in [4.69, 9.17) is 30.5 Å². The molecule has 2 aromatic carbocycles. The number of thiazole rings is 1. The van der Waals surface area contributed by atoms with E-state index in [1.165, 1.54) is 42.7 Å². The Morgan fingerprint density at radius 1 is 0.814 bits per heavy atom. The molecule has 4 aromatic heterocycles. The number of allylic oxidation sites excluding steroid dienone is 2. The number of carbonyl (C=O) groups is 5. The first-order valence-corrected chi connectivity index (χ1v) is 19.3. The summed E-state index contributed by atoms with van der Waals surface area (Å²) in [6.45, 7) is 7.39. The summed E-state index contributed by atoms with van der Waals surface area (Å²) in [5, 5.41) is 15.6. The highest BCUT2D eigenvalue weighted by molar-refractivity contribution is 7.13. The molecule has 19 nitrogen and oxygen atoms in total. The lowest BCUT2D eigenvalue weighted by atomic mass is 10.1. The van der Waals surface area contributed by atoms with Gasteiger partial charge in [-0.25, -0.2) is 19.9 Å². The Morgan fingerprint density at radius 2 is 1.37 bits per heavy atom. The first-order valence-electron chi connectivity index (χ1n) is 18.5. The number of carbonyl (C=O) groups excluding carboxylic acids is 4. The summed E-state index contributed by atoms with van der Waals surface area (Å²) in [4.78, 5) is 81.5. The van der Waals surface area contributed by atoms with Gasteiger partial charge in [0, 0.05) is 37.6 Å². The predicted octanol–water partition coefficient (Wildman–Crippen LogP) is 4.78. The zero-order valence-electron chi connectivity index (χ0n) is 32.9. The number of amides is 4. The molecular weight excluding hydrogens is 785 g/mol. The molecular formula is C39H42N10O9S. The number of hydrogen-bond acceptors (Lipinski definition) is 13. The van der Waals surface area contributed by atoms with Gasteiger partial charge in [-0.05, 0) is 50.5 Å². The Hall–Kier alpha value is -7.09. The minimum Gasteiger partial charge on any atom is -0.494 e. The molecule has 308 valence electrons. The van der Waals surface area contributed by atoms with Crippen molar-refractivity contribution in [2.45, 2.75) is 66.5 Å². The number of aryl methyl sites for hydroxylation is 4. The molecule has 4 heterocycles. The zero-order valence-corrected chi connectivity index (χ0v) is 33.7. The van der Waals surface area contributed by atoms with Crippen molar-refractivity contribution in [3.05, 3.63) is 80.5 Å². The number of nitrogens with zero attached hydrogens (tertiary/aromatic N) is 6. The van der Waals surface area contributed by atoms with Crippen LogP contribution < -0.4 is 31.6 Å². The number of ether oxygens (including phenoxy) is 2. The van der Waals surface area contributed by atoms with Crippen molar-refractivity contribution in [3.8, 4) is 11.5 Å². The van der Waals surface area contributed by atoms with Gasteiger partial charge >= 0.3 is 5.97 Å². The van der Waals surface area contributed by atoms with Gasteiger partial charge in [0.05, 0.1) is 41.1 Å². The van der Waals surface area contributed by atoms with Crippen molar-refractivity contribution >= 4 is 74.9 Å². The number of oxazole rings is 1. The van der Waals surface area contributed by atoms with Gasteiger partial charge in [0.25, 0.3) is 11.8 Å². The molecule has 0 spiro atoms. The fourth-order valence-electron chi connectivity index (χ4n) is 6.41. The topological polar surface area (TPSA) is 275 Å². The number of nitrogens with one attached hydrogen (secondary N) is 2. The van der Waals surface area contributed by atoms with Crippen LogP contribution in [-0.2, 0) is 30.7 Å². The summed E-state index contributed by atoms with van der Waals surface area (Å²) < 4.78 is 20.6. The predicted molar refractivity (Wildman–Crippen MR) is 217 cm³/mol. The van der Waals surface area contributed by atoms with Gasteiger partial charge in [-0.2, -0.15) is 0 Å². The maximum absolute atomic E-state index is 13.7. The third-order valence-corrected chi connectivity index (χ3v) is 10.1. The Morgan fingerprint density at radius 3 is 1.92 bits per heavy atom. The highest BCUT2D eigenvalue weighted by Crippen LogP contribution is 2.33. The van der Waals surface area contributed by atoms with E-state index in [0.29, 0.717) is 51.5 Å². The Labute approximate surface area is 340 Å². The second-order valence-corrected chi connectivity index (χ2v) is 14.4. The fraction of sp³-hybridized carbons (Fsp3) is 0.308. The number of nitrogens with two attached hydrogens (primary N) is 2. The third kappa shape index (κ3) is 8.91. The molecule has 0 saturated carbocycles. The summed E-state index contributed by atoms with van der Waals surface area (Å²) in [7, 11) is 1.43. The molecule has 4 amide bonds. The largest absolute Gasteiger partial charge is 0.494 e. The van der Waals surface area contributed by atoms with Gasteiger partial charge < -0.3 is 39.6 Å².